The highest BCUT2D eigenvalue weighted by molar-refractivity contribution is 5.41. The summed E-state index contributed by atoms with van der Waals surface area (Å²) in [6, 6.07) is 0. The van der Waals surface area contributed by atoms with Crippen LogP contribution in [0.4, 0.5) is 0 Å². The molecule has 0 unspecified atom stereocenters. The Hall–Kier alpha value is -1.72. The molecule has 0 radical (unpaired) electrons. The van der Waals surface area contributed by atoms with Crippen molar-refractivity contribution in [1.82, 2.24) is 25.3 Å². The Labute approximate surface area is 98.8 Å². The van der Waals surface area contributed by atoms with Crippen LogP contribution in [-0.4, -0.2) is 25.3 Å². The van der Waals surface area contributed by atoms with E-state index in [1.165, 1.54) is 6.33 Å². The van der Waals surface area contributed by atoms with Gasteiger partial charge in [0.2, 0.25) is 11.7 Å². The van der Waals surface area contributed by atoms with Crippen molar-refractivity contribution < 1.29 is 4.52 Å². The second kappa shape index (κ2) is 2.94. The average molecular weight is 233 g/mol. The smallest absolute Gasteiger partial charge is 0.239 e. The van der Waals surface area contributed by atoms with Gasteiger partial charge >= 0.3 is 0 Å². The van der Waals surface area contributed by atoms with Gasteiger partial charge in [-0.05, 0) is 10.8 Å². The monoisotopic (exact) mass is 233 g/mol. The van der Waals surface area contributed by atoms with E-state index in [2.05, 4.69) is 53.0 Å². The van der Waals surface area contributed by atoms with Gasteiger partial charge in [-0.15, -0.1) is 0 Å². The Bertz CT molecular complexity index is 526. The van der Waals surface area contributed by atoms with Crippen LogP contribution in [-0.2, 0) is 0 Å². The fourth-order valence-corrected chi connectivity index (χ4v) is 2.58. The minimum atomic E-state index is 0.193. The minimum absolute atomic E-state index is 0.193. The zero-order valence-electron chi connectivity index (χ0n) is 10.4. The fourth-order valence-electron chi connectivity index (χ4n) is 2.58. The lowest BCUT2D eigenvalue weighted by Gasteiger charge is -2.03. The van der Waals surface area contributed by atoms with E-state index in [9.17, 15) is 0 Å². The fraction of sp³-hybridized carbons (Fsp3) is 0.636. The maximum Gasteiger partial charge on any atom is 0.239 e. The zero-order valence-corrected chi connectivity index (χ0v) is 10.4. The number of nitrogens with one attached hydrogen (secondary N) is 1. The van der Waals surface area contributed by atoms with Crippen LogP contribution in [0.1, 0.15) is 39.5 Å². The molecule has 0 bridgehead atoms. The molecule has 3 rings (SSSR count). The molecule has 1 aliphatic carbocycles. The average Bonchev–Trinajstić information content (AvgIpc) is 2.75. The van der Waals surface area contributed by atoms with E-state index in [-0.39, 0.29) is 10.8 Å². The highest BCUT2D eigenvalue weighted by atomic mass is 16.5. The molecular formula is C11H15N5O. The third-order valence-corrected chi connectivity index (χ3v) is 4.34. The summed E-state index contributed by atoms with van der Waals surface area (Å²) in [6.45, 7) is 8.87. The molecule has 2 aromatic heterocycles. The topological polar surface area (TPSA) is 80.5 Å². The van der Waals surface area contributed by atoms with Gasteiger partial charge in [0.25, 0.3) is 0 Å². The first-order chi connectivity index (χ1) is 7.94. The van der Waals surface area contributed by atoms with Crippen LogP contribution in [0, 0.1) is 10.8 Å². The molecule has 6 nitrogen and oxygen atoms in total. The summed E-state index contributed by atoms with van der Waals surface area (Å²) < 4.78 is 5.33. The largest absolute Gasteiger partial charge is 0.339 e. The van der Waals surface area contributed by atoms with E-state index in [1.54, 1.807) is 0 Å². The normalized spacial score (nSPS) is 21.6. The predicted molar refractivity (Wildman–Crippen MR) is 60.0 cm³/mol. The molecule has 1 aliphatic rings. The summed E-state index contributed by atoms with van der Waals surface area (Å²) in [5.74, 6) is 2.00. The van der Waals surface area contributed by atoms with Crippen molar-refractivity contribution in [2.75, 3.05) is 0 Å². The molecule has 6 heteroatoms. The lowest BCUT2D eigenvalue weighted by atomic mass is 10.0. The van der Waals surface area contributed by atoms with E-state index in [4.69, 9.17) is 4.52 Å². The van der Waals surface area contributed by atoms with E-state index in [1.807, 2.05) is 0 Å². The van der Waals surface area contributed by atoms with Gasteiger partial charge in [-0.25, -0.2) is 4.98 Å². The van der Waals surface area contributed by atoms with Crippen molar-refractivity contribution in [3.8, 4) is 11.6 Å². The lowest BCUT2D eigenvalue weighted by Crippen LogP contribution is -1.95. The van der Waals surface area contributed by atoms with Crippen molar-refractivity contribution in [2.45, 2.75) is 33.6 Å². The van der Waals surface area contributed by atoms with Crippen molar-refractivity contribution in [3.05, 3.63) is 12.2 Å². The van der Waals surface area contributed by atoms with Gasteiger partial charge in [0.1, 0.15) is 6.33 Å². The second-order valence-corrected chi connectivity index (χ2v) is 5.67. The molecule has 2 heterocycles. The first-order valence-electron chi connectivity index (χ1n) is 5.64. The predicted octanol–water partition coefficient (Wildman–Crippen LogP) is 2.00. The third-order valence-electron chi connectivity index (χ3n) is 4.34. The molecule has 2 aromatic rings. The molecule has 1 saturated carbocycles. The number of hydrogen-bond acceptors (Lipinski definition) is 5. The van der Waals surface area contributed by atoms with Gasteiger partial charge in [-0.1, -0.05) is 32.9 Å². The maximum atomic E-state index is 5.33. The standard InChI is InChI=1S/C11H15N5O/c1-10(2)6(11(10,3)4)9-14-8(16-17-9)7-12-5-13-15-7/h5-6H,1-4H3,(H,12,13,15). The Morgan fingerprint density at radius 3 is 2.47 bits per heavy atom. The lowest BCUT2D eigenvalue weighted by molar-refractivity contribution is 0.365. The number of aromatic amines is 1. The highest BCUT2D eigenvalue weighted by Crippen LogP contribution is 2.73. The molecule has 90 valence electrons. The van der Waals surface area contributed by atoms with Gasteiger partial charge in [0, 0.05) is 5.92 Å². The van der Waals surface area contributed by atoms with E-state index in [0.29, 0.717) is 23.5 Å². The summed E-state index contributed by atoms with van der Waals surface area (Å²) in [4.78, 5) is 8.40. The van der Waals surface area contributed by atoms with Gasteiger partial charge in [-0.3, -0.25) is 5.10 Å². The summed E-state index contributed by atoms with van der Waals surface area (Å²) >= 11 is 0. The van der Waals surface area contributed by atoms with Crippen LogP contribution in [0.5, 0.6) is 0 Å². The molecule has 0 aliphatic heterocycles. The van der Waals surface area contributed by atoms with Crippen molar-refractivity contribution in [2.24, 2.45) is 10.8 Å². The summed E-state index contributed by atoms with van der Waals surface area (Å²) in [5, 5.41) is 10.4. The third kappa shape index (κ3) is 1.26. The molecular weight excluding hydrogens is 218 g/mol. The summed E-state index contributed by atoms with van der Waals surface area (Å²) in [6.07, 6.45) is 1.43. The van der Waals surface area contributed by atoms with Gasteiger partial charge in [-0.2, -0.15) is 10.1 Å². The molecule has 0 amide bonds. The second-order valence-electron chi connectivity index (χ2n) is 5.67. The zero-order chi connectivity index (χ0) is 12.3. The van der Waals surface area contributed by atoms with Crippen LogP contribution in [0.3, 0.4) is 0 Å². The van der Waals surface area contributed by atoms with Gasteiger partial charge in [0.05, 0.1) is 0 Å². The number of hydrogen-bond donors (Lipinski definition) is 1. The van der Waals surface area contributed by atoms with Crippen LogP contribution in [0.15, 0.2) is 10.9 Å². The number of aromatic nitrogens is 5. The summed E-state index contributed by atoms with van der Waals surface area (Å²) in [7, 11) is 0. The number of nitrogens with zero attached hydrogens (tertiary/aromatic N) is 4. The van der Waals surface area contributed by atoms with E-state index in [0.717, 1.165) is 0 Å². The van der Waals surface area contributed by atoms with Crippen LogP contribution in [0.2, 0.25) is 0 Å². The molecule has 0 aromatic carbocycles. The molecule has 1 N–H and O–H groups in total. The molecule has 17 heavy (non-hydrogen) atoms. The maximum absolute atomic E-state index is 5.33. The SMILES string of the molecule is CC1(C)C(c2nc(-c3ncn[nH]3)no2)C1(C)C. The molecule has 0 saturated heterocycles. The summed E-state index contributed by atoms with van der Waals surface area (Å²) in [5.41, 5.74) is 0.385. The first kappa shape index (κ1) is 10.4. The van der Waals surface area contributed by atoms with Gasteiger partial charge < -0.3 is 4.52 Å². The Kier molecular flexibility index (Phi) is 1.80. The van der Waals surface area contributed by atoms with Crippen molar-refractivity contribution >= 4 is 0 Å². The Balaban J connectivity index is 1.93. The van der Waals surface area contributed by atoms with Crippen LogP contribution < -0.4 is 0 Å². The molecule has 0 atom stereocenters. The van der Waals surface area contributed by atoms with E-state index < -0.39 is 0 Å². The number of H-pyrrole nitrogens is 1. The van der Waals surface area contributed by atoms with Crippen molar-refractivity contribution in [3.63, 3.8) is 0 Å². The molecule has 1 fully saturated rings. The number of rotatable bonds is 2. The minimum Gasteiger partial charge on any atom is -0.339 e. The Morgan fingerprint density at radius 2 is 1.94 bits per heavy atom. The molecule has 0 spiro atoms. The highest BCUT2D eigenvalue weighted by Gasteiger charge is 2.68. The van der Waals surface area contributed by atoms with Gasteiger partial charge in [0.15, 0.2) is 5.82 Å². The van der Waals surface area contributed by atoms with E-state index >= 15 is 0 Å². The van der Waals surface area contributed by atoms with Crippen molar-refractivity contribution in [1.29, 1.82) is 0 Å². The van der Waals surface area contributed by atoms with Crippen LogP contribution >= 0.6 is 0 Å². The first-order valence-corrected chi connectivity index (χ1v) is 5.64. The Morgan fingerprint density at radius 1 is 1.24 bits per heavy atom. The van der Waals surface area contributed by atoms with Crippen LogP contribution in [0.25, 0.3) is 11.6 Å². The quantitative estimate of drug-likeness (QED) is 0.858.